The Hall–Kier alpha value is -2.27. The molecule has 1 N–H and O–H groups in total. The molecule has 1 saturated heterocycles. The maximum Gasteiger partial charge on any atom is 0.258 e. The molecule has 0 aliphatic carbocycles. The lowest BCUT2D eigenvalue weighted by Gasteiger charge is -2.17. The van der Waals surface area contributed by atoms with Gasteiger partial charge in [-0.1, -0.05) is 23.7 Å². The van der Waals surface area contributed by atoms with Crippen LogP contribution in [0.2, 0.25) is 5.02 Å². The first-order chi connectivity index (χ1) is 11.7. The van der Waals surface area contributed by atoms with Crippen molar-refractivity contribution in [3.05, 3.63) is 53.2 Å². The molecule has 0 bridgehead atoms. The van der Waals surface area contributed by atoms with E-state index in [1.165, 1.54) is 12.8 Å². The Kier molecular flexibility index (Phi) is 5.54. The van der Waals surface area contributed by atoms with Crippen LogP contribution in [0.15, 0.2) is 42.6 Å². The highest BCUT2D eigenvalue weighted by molar-refractivity contribution is 6.32. The number of halogens is 1. The van der Waals surface area contributed by atoms with E-state index in [2.05, 4.69) is 15.2 Å². The van der Waals surface area contributed by atoms with Crippen LogP contribution in [-0.4, -0.2) is 30.6 Å². The first-order valence-electron chi connectivity index (χ1n) is 8.06. The lowest BCUT2D eigenvalue weighted by molar-refractivity contribution is -0.123. The van der Waals surface area contributed by atoms with Gasteiger partial charge in [-0.25, -0.2) is 4.98 Å². The summed E-state index contributed by atoms with van der Waals surface area (Å²) in [5.74, 6) is 1.30. The number of carbonyl (C=O) groups is 1. The van der Waals surface area contributed by atoms with Crippen LogP contribution in [0.25, 0.3) is 0 Å². The molecule has 0 saturated carbocycles. The van der Waals surface area contributed by atoms with Gasteiger partial charge in [-0.3, -0.25) is 4.79 Å². The van der Waals surface area contributed by atoms with Crippen LogP contribution < -0.4 is 15.0 Å². The second-order valence-corrected chi connectivity index (χ2v) is 6.12. The average Bonchev–Trinajstić information content (AvgIpc) is 3.14. The van der Waals surface area contributed by atoms with E-state index in [9.17, 15) is 4.79 Å². The Morgan fingerprint density at radius 2 is 2.04 bits per heavy atom. The monoisotopic (exact) mass is 345 g/mol. The van der Waals surface area contributed by atoms with Crippen molar-refractivity contribution in [2.75, 3.05) is 24.6 Å². The summed E-state index contributed by atoms with van der Waals surface area (Å²) in [6.07, 6.45) is 4.21. The molecule has 2 heterocycles. The van der Waals surface area contributed by atoms with Crippen molar-refractivity contribution in [3.8, 4) is 5.75 Å². The molecule has 6 heteroatoms. The second-order valence-electron chi connectivity index (χ2n) is 5.71. The van der Waals surface area contributed by atoms with Crippen LogP contribution in [0, 0.1) is 0 Å². The zero-order valence-corrected chi connectivity index (χ0v) is 14.1. The Morgan fingerprint density at radius 3 is 2.83 bits per heavy atom. The summed E-state index contributed by atoms with van der Waals surface area (Å²) in [4.78, 5) is 18.6. The van der Waals surface area contributed by atoms with Crippen LogP contribution in [0.5, 0.6) is 5.75 Å². The van der Waals surface area contributed by atoms with Gasteiger partial charge in [0.25, 0.3) is 5.91 Å². The molecule has 1 aliphatic heterocycles. The van der Waals surface area contributed by atoms with Gasteiger partial charge in [0.05, 0.1) is 5.02 Å². The van der Waals surface area contributed by atoms with Gasteiger partial charge in [-0.05, 0) is 42.7 Å². The van der Waals surface area contributed by atoms with Gasteiger partial charge < -0.3 is 15.0 Å². The predicted molar refractivity (Wildman–Crippen MR) is 94.5 cm³/mol. The van der Waals surface area contributed by atoms with Crippen molar-refractivity contribution in [1.29, 1.82) is 0 Å². The SMILES string of the molecule is O=C(COc1ccccc1Cl)NCc1ccnc(N2CCCC2)c1. The topological polar surface area (TPSA) is 54.5 Å². The zero-order valence-electron chi connectivity index (χ0n) is 13.4. The molecule has 3 rings (SSSR count). The van der Waals surface area contributed by atoms with E-state index in [4.69, 9.17) is 16.3 Å². The zero-order chi connectivity index (χ0) is 16.8. The summed E-state index contributed by atoms with van der Waals surface area (Å²) in [6.45, 7) is 2.49. The first-order valence-corrected chi connectivity index (χ1v) is 8.44. The van der Waals surface area contributed by atoms with Gasteiger partial charge >= 0.3 is 0 Å². The van der Waals surface area contributed by atoms with E-state index >= 15 is 0 Å². The number of amides is 1. The van der Waals surface area contributed by atoms with Crippen molar-refractivity contribution in [2.24, 2.45) is 0 Å². The molecule has 0 radical (unpaired) electrons. The molecule has 0 spiro atoms. The standard InChI is InChI=1S/C18H20ClN3O2/c19-15-5-1-2-6-16(15)24-13-18(23)21-12-14-7-8-20-17(11-14)22-9-3-4-10-22/h1-2,5-8,11H,3-4,9-10,12-13H2,(H,21,23). The minimum atomic E-state index is -0.186. The van der Waals surface area contributed by atoms with Crippen LogP contribution in [0.3, 0.4) is 0 Å². The number of para-hydroxylation sites is 1. The average molecular weight is 346 g/mol. The Balaban J connectivity index is 1.49. The van der Waals surface area contributed by atoms with Gasteiger partial charge in [-0.15, -0.1) is 0 Å². The lowest BCUT2D eigenvalue weighted by Crippen LogP contribution is -2.28. The molecule has 0 unspecified atom stereocenters. The van der Waals surface area contributed by atoms with Crippen LogP contribution >= 0.6 is 11.6 Å². The fraction of sp³-hybridized carbons (Fsp3) is 0.333. The third-order valence-electron chi connectivity index (χ3n) is 3.93. The number of hydrogen-bond acceptors (Lipinski definition) is 4. The number of nitrogens with zero attached hydrogens (tertiary/aromatic N) is 2. The number of carbonyl (C=O) groups excluding carboxylic acids is 1. The minimum absolute atomic E-state index is 0.0617. The van der Waals surface area contributed by atoms with Gasteiger partial charge in [0, 0.05) is 25.8 Å². The van der Waals surface area contributed by atoms with Gasteiger partial charge in [0.1, 0.15) is 11.6 Å². The van der Waals surface area contributed by atoms with Crippen molar-refractivity contribution in [2.45, 2.75) is 19.4 Å². The molecule has 126 valence electrons. The highest BCUT2D eigenvalue weighted by Gasteiger charge is 2.13. The molecule has 2 aromatic rings. The highest BCUT2D eigenvalue weighted by Crippen LogP contribution is 2.23. The fourth-order valence-electron chi connectivity index (χ4n) is 2.65. The molecule has 1 amide bonds. The van der Waals surface area contributed by atoms with Crippen LogP contribution in [0.1, 0.15) is 18.4 Å². The Labute approximate surface area is 146 Å². The third-order valence-corrected chi connectivity index (χ3v) is 4.24. The van der Waals surface area contributed by atoms with Crippen LogP contribution in [-0.2, 0) is 11.3 Å². The summed E-state index contributed by atoms with van der Waals surface area (Å²) in [7, 11) is 0. The number of nitrogens with one attached hydrogen (secondary N) is 1. The quantitative estimate of drug-likeness (QED) is 0.874. The number of rotatable bonds is 6. The highest BCUT2D eigenvalue weighted by atomic mass is 35.5. The summed E-state index contributed by atoms with van der Waals surface area (Å²) < 4.78 is 5.43. The smallest absolute Gasteiger partial charge is 0.258 e. The fourth-order valence-corrected chi connectivity index (χ4v) is 2.84. The van der Waals surface area contributed by atoms with Crippen molar-refractivity contribution < 1.29 is 9.53 Å². The van der Waals surface area contributed by atoms with Gasteiger partial charge in [0.2, 0.25) is 0 Å². The predicted octanol–water partition coefficient (Wildman–Crippen LogP) is 3.03. The first kappa shape index (κ1) is 16.6. The van der Waals surface area contributed by atoms with E-state index in [1.54, 1.807) is 18.3 Å². The molecule has 5 nitrogen and oxygen atoms in total. The Bertz CT molecular complexity index is 702. The molecule has 0 atom stereocenters. The normalized spacial score (nSPS) is 13.8. The van der Waals surface area contributed by atoms with Crippen LogP contribution in [0.4, 0.5) is 5.82 Å². The van der Waals surface area contributed by atoms with Crippen molar-refractivity contribution >= 4 is 23.3 Å². The molecular weight excluding hydrogens is 326 g/mol. The van der Waals surface area contributed by atoms with Crippen molar-refractivity contribution in [3.63, 3.8) is 0 Å². The molecular formula is C18H20ClN3O2. The summed E-state index contributed by atoms with van der Waals surface area (Å²) in [5, 5.41) is 3.35. The lowest BCUT2D eigenvalue weighted by atomic mass is 10.2. The molecule has 1 aliphatic rings. The van der Waals surface area contributed by atoms with Gasteiger partial charge in [-0.2, -0.15) is 0 Å². The third kappa shape index (κ3) is 4.38. The second kappa shape index (κ2) is 8.02. The summed E-state index contributed by atoms with van der Waals surface area (Å²) in [5.41, 5.74) is 1.03. The Morgan fingerprint density at radius 1 is 1.25 bits per heavy atom. The summed E-state index contributed by atoms with van der Waals surface area (Å²) >= 11 is 5.99. The molecule has 1 fully saturated rings. The number of anilines is 1. The maximum atomic E-state index is 11.9. The van der Waals surface area contributed by atoms with E-state index in [0.717, 1.165) is 24.5 Å². The van der Waals surface area contributed by atoms with Crippen molar-refractivity contribution in [1.82, 2.24) is 10.3 Å². The van der Waals surface area contributed by atoms with Gasteiger partial charge in [0.15, 0.2) is 6.61 Å². The number of ether oxygens (including phenoxy) is 1. The van der Waals surface area contributed by atoms with E-state index in [0.29, 0.717) is 17.3 Å². The minimum Gasteiger partial charge on any atom is -0.482 e. The van der Waals surface area contributed by atoms with E-state index in [-0.39, 0.29) is 12.5 Å². The van der Waals surface area contributed by atoms with E-state index in [1.807, 2.05) is 24.3 Å². The van der Waals surface area contributed by atoms with E-state index < -0.39 is 0 Å². The molecule has 24 heavy (non-hydrogen) atoms. The summed E-state index contributed by atoms with van der Waals surface area (Å²) in [6, 6.07) is 11.0. The number of benzene rings is 1. The number of aromatic nitrogens is 1. The maximum absolute atomic E-state index is 11.9. The molecule has 1 aromatic heterocycles. The molecule has 1 aromatic carbocycles. The number of hydrogen-bond donors (Lipinski definition) is 1. The number of pyridine rings is 1. The largest absolute Gasteiger partial charge is 0.482 e.